The predicted molar refractivity (Wildman–Crippen MR) is 106 cm³/mol. The number of halogens is 1. The lowest BCUT2D eigenvalue weighted by atomic mass is 10.1. The first-order valence-corrected chi connectivity index (χ1v) is 9.39. The van der Waals surface area contributed by atoms with Gasteiger partial charge in [-0.3, -0.25) is 9.59 Å². The normalized spacial score (nSPS) is 16.4. The third kappa shape index (κ3) is 3.48. The number of hydrogen-bond acceptors (Lipinski definition) is 4. The summed E-state index contributed by atoms with van der Waals surface area (Å²) in [6.45, 7) is 1.17. The second-order valence-electron chi connectivity index (χ2n) is 6.63. The Balaban J connectivity index is 1.68. The van der Waals surface area contributed by atoms with Crippen LogP contribution in [-0.2, 0) is 4.74 Å². The van der Waals surface area contributed by atoms with E-state index in [1.165, 1.54) is 12.1 Å². The van der Waals surface area contributed by atoms with Crippen LogP contribution in [0.4, 0.5) is 4.39 Å². The van der Waals surface area contributed by atoms with Crippen LogP contribution >= 0.6 is 12.2 Å². The van der Waals surface area contributed by atoms with Gasteiger partial charge in [0.25, 0.3) is 11.5 Å². The fraction of sp³-hybridized carbons (Fsp3) is 0.250. The molecule has 1 saturated heterocycles. The molecule has 1 amide bonds. The molecule has 0 radical (unpaired) electrons. The van der Waals surface area contributed by atoms with Gasteiger partial charge in [-0.2, -0.15) is 0 Å². The van der Waals surface area contributed by atoms with Crippen molar-refractivity contribution >= 4 is 29.0 Å². The molecule has 28 heavy (non-hydrogen) atoms. The molecule has 2 heterocycles. The number of H-pyrrole nitrogens is 1. The van der Waals surface area contributed by atoms with Crippen LogP contribution in [-0.4, -0.2) is 34.7 Å². The van der Waals surface area contributed by atoms with Crippen LogP contribution < -0.4 is 10.9 Å². The molecule has 8 heteroatoms. The Morgan fingerprint density at radius 3 is 2.89 bits per heavy atom. The molecule has 1 aliphatic heterocycles. The van der Waals surface area contributed by atoms with Crippen LogP contribution in [0.5, 0.6) is 0 Å². The van der Waals surface area contributed by atoms with Crippen molar-refractivity contribution in [1.29, 1.82) is 0 Å². The van der Waals surface area contributed by atoms with Gasteiger partial charge >= 0.3 is 0 Å². The Morgan fingerprint density at radius 1 is 1.32 bits per heavy atom. The van der Waals surface area contributed by atoms with Crippen molar-refractivity contribution < 1.29 is 13.9 Å². The number of benzene rings is 2. The summed E-state index contributed by atoms with van der Waals surface area (Å²) < 4.78 is 20.8. The van der Waals surface area contributed by atoms with Gasteiger partial charge < -0.3 is 15.0 Å². The fourth-order valence-electron chi connectivity index (χ4n) is 3.32. The largest absolute Gasteiger partial charge is 0.376 e. The molecular formula is C20H18FN3O3S. The number of nitrogens with zero attached hydrogens (tertiary/aromatic N) is 1. The van der Waals surface area contributed by atoms with Gasteiger partial charge in [-0.15, -0.1) is 0 Å². The number of aromatic amines is 1. The molecule has 2 N–H and O–H groups in total. The second-order valence-corrected chi connectivity index (χ2v) is 7.01. The molecule has 6 nitrogen and oxygen atoms in total. The Bertz CT molecular complexity index is 1170. The van der Waals surface area contributed by atoms with E-state index in [0.29, 0.717) is 23.0 Å². The minimum atomic E-state index is -0.548. The van der Waals surface area contributed by atoms with Gasteiger partial charge in [0.2, 0.25) is 0 Å². The lowest BCUT2D eigenvalue weighted by molar-refractivity contribution is 0.0858. The molecule has 1 fully saturated rings. The number of nitrogens with one attached hydrogen (secondary N) is 2. The highest BCUT2D eigenvalue weighted by molar-refractivity contribution is 7.71. The number of aromatic nitrogens is 2. The van der Waals surface area contributed by atoms with E-state index in [1.807, 2.05) is 0 Å². The van der Waals surface area contributed by atoms with E-state index in [0.717, 1.165) is 24.0 Å². The molecule has 1 aliphatic rings. The van der Waals surface area contributed by atoms with E-state index >= 15 is 0 Å². The molecule has 2 aromatic carbocycles. The first-order valence-electron chi connectivity index (χ1n) is 8.98. The molecule has 3 aromatic rings. The zero-order valence-electron chi connectivity index (χ0n) is 14.9. The maximum Gasteiger partial charge on any atom is 0.266 e. The number of rotatable bonds is 4. The molecule has 0 saturated carbocycles. The first kappa shape index (κ1) is 18.5. The van der Waals surface area contributed by atoms with Crippen molar-refractivity contribution in [3.63, 3.8) is 0 Å². The van der Waals surface area contributed by atoms with E-state index in [-0.39, 0.29) is 22.5 Å². The minimum absolute atomic E-state index is 0.0446. The number of carbonyl (C=O) groups excluding carboxylic acids is 1. The summed E-state index contributed by atoms with van der Waals surface area (Å²) >= 11 is 5.27. The summed E-state index contributed by atoms with van der Waals surface area (Å²) in [4.78, 5) is 28.2. The van der Waals surface area contributed by atoms with Crippen LogP contribution in [0.15, 0.2) is 47.3 Å². The highest BCUT2D eigenvalue weighted by atomic mass is 32.1. The van der Waals surface area contributed by atoms with Crippen LogP contribution in [0.1, 0.15) is 23.2 Å². The summed E-state index contributed by atoms with van der Waals surface area (Å²) in [7, 11) is 0. The summed E-state index contributed by atoms with van der Waals surface area (Å²) in [6, 6.07) is 10.6. The SMILES string of the molecule is O=C(NCC1CCCO1)c1ccc2c(=O)n(-c3ccccc3F)c(=S)[nH]c2c1. The molecule has 0 bridgehead atoms. The Hall–Kier alpha value is -2.84. The van der Waals surface area contributed by atoms with Crippen molar-refractivity contribution in [2.24, 2.45) is 0 Å². The summed E-state index contributed by atoms with van der Waals surface area (Å²) in [6.07, 6.45) is 1.98. The zero-order chi connectivity index (χ0) is 19.7. The van der Waals surface area contributed by atoms with E-state index in [9.17, 15) is 14.0 Å². The lowest BCUT2D eigenvalue weighted by Gasteiger charge is -2.12. The van der Waals surface area contributed by atoms with Gasteiger partial charge in [-0.1, -0.05) is 12.1 Å². The Kier molecular flexibility index (Phi) is 5.06. The van der Waals surface area contributed by atoms with Crippen LogP contribution in [0.3, 0.4) is 0 Å². The predicted octanol–water partition coefficient (Wildman–Crippen LogP) is 3.10. The molecule has 144 valence electrons. The maximum atomic E-state index is 14.1. The quantitative estimate of drug-likeness (QED) is 0.661. The maximum absolute atomic E-state index is 14.1. The van der Waals surface area contributed by atoms with Crippen molar-refractivity contribution in [3.05, 3.63) is 69.0 Å². The minimum Gasteiger partial charge on any atom is -0.376 e. The lowest BCUT2D eigenvalue weighted by Crippen LogP contribution is -2.31. The van der Waals surface area contributed by atoms with E-state index in [2.05, 4.69) is 10.3 Å². The number of amides is 1. The van der Waals surface area contributed by atoms with Gasteiger partial charge in [0.1, 0.15) is 5.82 Å². The molecule has 1 aromatic heterocycles. The third-order valence-corrected chi connectivity index (χ3v) is 5.05. The highest BCUT2D eigenvalue weighted by Gasteiger charge is 2.17. The second kappa shape index (κ2) is 7.65. The van der Waals surface area contributed by atoms with Gasteiger partial charge in [-0.05, 0) is 55.4 Å². The van der Waals surface area contributed by atoms with Gasteiger partial charge in [0.05, 0.1) is 22.7 Å². The van der Waals surface area contributed by atoms with Crippen molar-refractivity contribution in [2.45, 2.75) is 18.9 Å². The van der Waals surface area contributed by atoms with Crippen LogP contribution in [0, 0.1) is 10.6 Å². The standard InChI is InChI=1S/C20H18FN3O3S/c21-15-5-1-2-6-17(15)24-19(26)14-8-7-12(10-16(14)23-20(24)28)18(25)22-11-13-4-3-9-27-13/h1-2,5-8,10,13H,3-4,9,11H2,(H,22,25)(H,23,28). The zero-order valence-corrected chi connectivity index (χ0v) is 15.7. The topological polar surface area (TPSA) is 76.1 Å². The molecule has 1 atom stereocenters. The number of fused-ring (bicyclic) bond motifs is 1. The fourth-order valence-corrected chi connectivity index (χ4v) is 3.62. The molecule has 0 aliphatic carbocycles. The number of hydrogen-bond donors (Lipinski definition) is 2. The molecule has 0 spiro atoms. The van der Waals surface area contributed by atoms with Crippen molar-refractivity contribution in [1.82, 2.24) is 14.9 Å². The third-order valence-electron chi connectivity index (χ3n) is 4.77. The number of ether oxygens (including phenoxy) is 1. The van der Waals surface area contributed by atoms with E-state index in [1.54, 1.807) is 30.3 Å². The van der Waals surface area contributed by atoms with E-state index in [4.69, 9.17) is 17.0 Å². The summed E-state index contributed by atoms with van der Waals surface area (Å²) in [5.41, 5.74) is 0.454. The van der Waals surface area contributed by atoms with Gasteiger partial charge in [0.15, 0.2) is 4.77 Å². The van der Waals surface area contributed by atoms with Crippen molar-refractivity contribution in [2.75, 3.05) is 13.2 Å². The smallest absolute Gasteiger partial charge is 0.266 e. The van der Waals surface area contributed by atoms with Crippen LogP contribution in [0.2, 0.25) is 0 Å². The highest BCUT2D eigenvalue weighted by Crippen LogP contribution is 2.16. The number of carbonyl (C=O) groups is 1. The monoisotopic (exact) mass is 399 g/mol. The molecule has 4 rings (SSSR count). The summed E-state index contributed by atoms with van der Waals surface area (Å²) in [5, 5.41) is 3.16. The average Bonchev–Trinajstić information content (AvgIpc) is 3.20. The Morgan fingerprint density at radius 2 is 2.14 bits per heavy atom. The Labute approximate surface area is 165 Å². The summed E-state index contributed by atoms with van der Waals surface area (Å²) in [5.74, 6) is -0.802. The molecular weight excluding hydrogens is 381 g/mol. The molecule has 1 unspecified atom stereocenters. The van der Waals surface area contributed by atoms with Gasteiger partial charge in [0, 0.05) is 18.7 Å². The average molecular weight is 399 g/mol. The number of para-hydroxylation sites is 1. The van der Waals surface area contributed by atoms with Gasteiger partial charge in [-0.25, -0.2) is 8.96 Å². The van der Waals surface area contributed by atoms with Crippen LogP contribution in [0.25, 0.3) is 16.6 Å². The van der Waals surface area contributed by atoms with Crippen molar-refractivity contribution in [3.8, 4) is 5.69 Å². The first-order chi connectivity index (χ1) is 13.5. The van der Waals surface area contributed by atoms with E-state index < -0.39 is 11.4 Å².